The van der Waals surface area contributed by atoms with Crippen LogP contribution in [0.5, 0.6) is 5.75 Å². The van der Waals surface area contributed by atoms with Crippen LogP contribution in [0.4, 0.5) is 5.13 Å². The van der Waals surface area contributed by atoms with Gasteiger partial charge in [0, 0.05) is 17.4 Å². The molecule has 0 aliphatic rings. The number of hydrogen-bond donors (Lipinski definition) is 1. The molecule has 0 bridgehead atoms. The smallest absolute Gasteiger partial charge is 0.279 e. The Morgan fingerprint density at radius 2 is 2.08 bits per heavy atom. The van der Waals surface area contributed by atoms with E-state index in [0.29, 0.717) is 17.5 Å². The van der Waals surface area contributed by atoms with E-state index in [1.807, 2.05) is 31.2 Å². The number of nitrogens with zero attached hydrogens (tertiary/aromatic N) is 3. The van der Waals surface area contributed by atoms with Gasteiger partial charge in [0.1, 0.15) is 5.75 Å². The van der Waals surface area contributed by atoms with Crippen molar-refractivity contribution in [1.29, 1.82) is 0 Å². The molecule has 7 nitrogen and oxygen atoms in total. The van der Waals surface area contributed by atoms with E-state index in [-0.39, 0.29) is 11.6 Å². The molecule has 1 aromatic carbocycles. The van der Waals surface area contributed by atoms with Crippen molar-refractivity contribution in [2.24, 2.45) is 0 Å². The van der Waals surface area contributed by atoms with Crippen LogP contribution in [-0.2, 0) is 0 Å². The van der Waals surface area contributed by atoms with Gasteiger partial charge in [-0.05, 0) is 37.6 Å². The highest BCUT2D eigenvalue weighted by Gasteiger charge is 2.16. The average molecular weight is 390 g/mol. The summed E-state index contributed by atoms with van der Waals surface area (Å²) in [4.78, 5) is 12.3. The van der Waals surface area contributed by atoms with E-state index in [4.69, 9.17) is 9.26 Å². The standard InChI is InChI=1S/C17H18N4O3S2/c1-3-9-25-17-20-19-16(26-17)18-15(22)13-10-14(24-21-13)11-5-7-12(8-6-11)23-4-2/h5-8,10H,3-4,9H2,1-2H3,(H,18,19,22). The van der Waals surface area contributed by atoms with E-state index in [1.54, 1.807) is 17.8 Å². The second kappa shape index (κ2) is 8.81. The second-order valence-electron chi connectivity index (χ2n) is 5.21. The third-order valence-electron chi connectivity index (χ3n) is 3.25. The number of carbonyl (C=O) groups is 1. The number of ether oxygens (including phenoxy) is 1. The number of thioether (sulfide) groups is 1. The summed E-state index contributed by atoms with van der Waals surface area (Å²) in [7, 11) is 0. The summed E-state index contributed by atoms with van der Waals surface area (Å²) in [5.41, 5.74) is 1.00. The molecule has 0 saturated carbocycles. The average Bonchev–Trinajstić information content (AvgIpc) is 3.30. The molecule has 0 aliphatic carbocycles. The highest BCUT2D eigenvalue weighted by atomic mass is 32.2. The molecule has 0 fully saturated rings. The lowest BCUT2D eigenvalue weighted by atomic mass is 10.1. The minimum atomic E-state index is -0.380. The van der Waals surface area contributed by atoms with Crippen LogP contribution in [0.1, 0.15) is 30.8 Å². The maximum Gasteiger partial charge on any atom is 0.279 e. The van der Waals surface area contributed by atoms with Gasteiger partial charge in [-0.25, -0.2) is 0 Å². The number of nitrogens with one attached hydrogen (secondary N) is 1. The lowest BCUT2D eigenvalue weighted by Crippen LogP contribution is -2.11. The van der Waals surface area contributed by atoms with Crippen molar-refractivity contribution in [1.82, 2.24) is 15.4 Å². The van der Waals surface area contributed by atoms with Crippen LogP contribution in [0, 0.1) is 0 Å². The zero-order valence-electron chi connectivity index (χ0n) is 14.4. The number of rotatable bonds is 8. The normalized spacial score (nSPS) is 10.7. The first-order valence-electron chi connectivity index (χ1n) is 8.17. The Balaban J connectivity index is 1.65. The second-order valence-corrected chi connectivity index (χ2v) is 7.53. The molecule has 1 amide bonds. The van der Waals surface area contributed by atoms with Gasteiger partial charge in [-0.2, -0.15) is 0 Å². The molecule has 2 aromatic heterocycles. The lowest BCUT2D eigenvalue weighted by Gasteiger charge is -2.02. The summed E-state index contributed by atoms with van der Waals surface area (Å²) in [5, 5.41) is 15.0. The van der Waals surface area contributed by atoms with Gasteiger partial charge in [-0.15, -0.1) is 10.2 Å². The molecular formula is C17H18N4O3S2. The van der Waals surface area contributed by atoms with Crippen LogP contribution in [0.2, 0.25) is 0 Å². The van der Waals surface area contributed by atoms with Gasteiger partial charge >= 0.3 is 0 Å². The molecule has 0 spiro atoms. The third-order valence-corrected chi connectivity index (χ3v) is 5.43. The van der Waals surface area contributed by atoms with Crippen LogP contribution < -0.4 is 10.1 Å². The highest BCUT2D eigenvalue weighted by Crippen LogP contribution is 2.27. The van der Waals surface area contributed by atoms with Gasteiger partial charge in [0.2, 0.25) is 5.13 Å². The van der Waals surface area contributed by atoms with E-state index in [0.717, 1.165) is 27.8 Å². The number of hydrogen-bond acceptors (Lipinski definition) is 8. The molecule has 1 N–H and O–H groups in total. The summed E-state index contributed by atoms with van der Waals surface area (Å²) < 4.78 is 11.5. The molecule has 0 aliphatic heterocycles. The largest absolute Gasteiger partial charge is 0.494 e. The van der Waals surface area contributed by atoms with Crippen molar-refractivity contribution < 1.29 is 14.1 Å². The third kappa shape index (κ3) is 4.61. The van der Waals surface area contributed by atoms with Crippen molar-refractivity contribution in [3.63, 3.8) is 0 Å². The molecular weight excluding hydrogens is 372 g/mol. The van der Waals surface area contributed by atoms with Gasteiger partial charge in [-0.3, -0.25) is 10.1 Å². The number of amides is 1. The maximum atomic E-state index is 12.3. The lowest BCUT2D eigenvalue weighted by molar-refractivity contribution is 0.101. The minimum absolute atomic E-state index is 0.187. The van der Waals surface area contributed by atoms with Crippen LogP contribution in [0.15, 0.2) is 39.2 Å². The Hall–Kier alpha value is -2.39. The molecule has 3 aromatic rings. The van der Waals surface area contributed by atoms with Crippen molar-refractivity contribution in [3.05, 3.63) is 36.0 Å². The van der Waals surface area contributed by atoms with Crippen LogP contribution in [0.3, 0.4) is 0 Å². The summed E-state index contributed by atoms with van der Waals surface area (Å²) in [5.74, 6) is 1.88. The molecule has 3 rings (SSSR count). The summed E-state index contributed by atoms with van der Waals surface area (Å²) in [6.45, 7) is 4.64. The quantitative estimate of drug-likeness (QED) is 0.452. The predicted octanol–water partition coefficient (Wildman–Crippen LogP) is 4.35. The van der Waals surface area contributed by atoms with E-state index in [9.17, 15) is 4.79 Å². The first-order valence-corrected chi connectivity index (χ1v) is 9.97. The van der Waals surface area contributed by atoms with E-state index >= 15 is 0 Å². The number of aromatic nitrogens is 3. The summed E-state index contributed by atoms with van der Waals surface area (Å²) >= 11 is 2.96. The minimum Gasteiger partial charge on any atom is -0.494 e. The fourth-order valence-electron chi connectivity index (χ4n) is 2.07. The number of benzene rings is 1. The first-order chi connectivity index (χ1) is 12.7. The molecule has 0 saturated heterocycles. The molecule has 0 atom stereocenters. The zero-order chi connectivity index (χ0) is 18.4. The van der Waals surface area contributed by atoms with Crippen LogP contribution >= 0.6 is 23.1 Å². The number of carbonyl (C=O) groups excluding carboxylic acids is 1. The van der Waals surface area contributed by atoms with Crippen molar-refractivity contribution >= 4 is 34.1 Å². The Morgan fingerprint density at radius 1 is 1.27 bits per heavy atom. The fourth-order valence-corrected chi connectivity index (χ4v) is 3.74. The monoisotopic (exact) mass is 390 g/mol. The van der Waals surface area contributed by atoms with Crippen LogP contribution in [0.25, 0.3) is 11.3 Å². The van der Waals surface area contributed by atoms with E-state index < -0.39 is 0 Å². The van der Waals surface area contributed by atoms with Gasteiger partial charge in [0.25, 0.3) is 5.91 Å². The van der Waals surface area contributed by atoms with Crippen molar-refractivity contribution in [3.8, 4) is 17.1 Å². The molecule has 26 heavy (non-hydrogen) atoms. The SMILES string of the molecule is CCCSc1nnc(NC(=O)c2cc(-c3ccc(OCC)cc3)on2)s1. The first kappa shape index (κ1) is 18.4. The molecule has 0 unspecified atom stereocenters. The zero-order valence-corrected chi connectivity index (χ0v) is 16.0. The molecule has 9 heteroatoms. The van der Waals surface area contributed by atoms with Crippen LogP contribution in [-0.4, -0.2) is 33.6 Å². The van der Waals surface area contributed by atoms with Crippen molar-refractivity contribution in [2.75, 3.05) is 17.7 Å². The van der Waals surface area contributed by atoms with Gasteiger partial charge < -0.3 is 9.26 Å². The fraction of sp³-hybridized carbons (Fsp3) is 0.294. The highest BCUT2D eigenvalue weighted by molar-refractivity contribution is 8.01. The topological polar surface area (TPSA) is 90.1 Å². The van der Waals surface area contributed by atoms with Gasteiger partial charge in [0.15, 0.2) is 15.8 Å². The Morgan fingerprint density at radius 3 is 2.81 bits per heavy atom. The number of anilines is 1. The predicted molar refractivity (Wildman–Crippen MR) is 102 cm³/mol. The molecule has 2 heterocycles. The van der Waals surface area contributed by atoms with Crippen molar-refractivity contribution in [2.45, 2.75) is 24.6 Å². The van der Waals surface area contributed by atoms with Gasteiger partial charge in [0.05, 0.1) is 6.61 Å². The molecule has 0 radical (unpaired) electrons. The van der Waals surface area contributed by atoms with E-state index in [1.165, 1.54) is 11.3 Å². The Labute approximate surface area is 159 Å². The molecule has 136 valence electrons. The summed E-state index contributed by atoms with van der Waals surface area (Å²) in [6, 6.07) is 9.00. The van der Waals surface area contributed by atoms with E-state index in [2.05, 4.69) is 27.6 Å². The summed E-state index contributed by atoms with van der Waals surface area (Å²) in [6.07, 6.45) is 1.05. The maximum absolute atomic E-state index is 12.3. The Bertz CT molecular complexity index is 861. The van der Waals surface area contributed by atoms with Gasteiger partial charge in [-0.1, -0.05) is 35.2 Å². The Kier molecular flexibility index (Phi) is 6.24.